The molecular formula is C35H43NO6. The van der Waals surface area contributed by atoms with Crippen LogP contribution in [0.5, 0.6) is 0 Å². The fourth-order valence-corrected chi connectivity index (χ4v) is 6.73. The van der Waals surface area contributed by atoms with Gasteiger partial charge >= 0.3 is 5.97 Å². The van der Waals surface area contributed by atoms with Crippen LogP contribution in [0.1, 0.15) is 76.7 Å². The number of carbonyl (C=O) groups excluding carboxylic acids is 1. The SMILES string of the molecule is C=C1C[C@@H]2C[C@@H]3CCO[C@@H](O3)c3cccc(c3)/C=C/C[C@H]3O[C@@H](/C(C)=C/C#N)[C@H](C)[C@@H](OC(=O)C=CC[C@@H](C1)O2)[C@H]3C. The van der Waals surface area contributed by atoms with Gasteiger partial charge in [0, 0.05) is 36.0 Å². The van der Waals surface area contributed by atoms with Crippen molar-refractivity contribution in [3.05, 3.63) is 77.4 Å². The van der Waals surface area contributed by atoms with Crippen LogP contribution in [0.3, 0.4) is 0 Å². The maximum Gasteiger partial charge on any atom is 0.330 e. The molecule has 224 valence electrons. The van der Waals surface area contributed by atoms with Crippen LogP contribution in [0, 0.1) is 23.2 Å². The highest BCUT2D eigenvalue weighted by Crippen LogP contribution is 2.38. The van der Waals surface area contributed by atoms with E-state index in [9.17, 15) is 10.1 Å². The highest BCUT2D eigenvalue weighted by atomic mass is 16.7. The number of fused-ring (bicyclic) bond motifs is 9. The summed E-state index contributed by atoms with van der Waals surface area (Å²) in [7, 11) is 0. The number of nitrogens with zero attached hydrogens (tertiary/aromatic N) is 1. The summed E-state index contributed by atoms with van der Waals surface area (Å²) in [5.74, 6) is -0.517. The van der Waals surface area contributed by atoms with E-state index in [0.717, 1.165) is 48.0 Å². The number of esters is 1. The molecule has 4 aliphatic heterocycles. The van der Waals surface area contributed by atoms with E-state index in [-0.39, 0.29) is 54.4 Å². The van der Waals surface area contributed by atoms with Gasteiger partial charge < -0.3 is 23.7 Å². The van der Waals surface area contributed by atoms with E-state index in [1.54, 1.807) is 0 Å². The zero-order valence-corrected chi connectivity index (χ0v) is 24.9. The van der Waals surface area contributed by atoms with Crippen molar-refractivity contribution in [2.45, 2.75) is 102 Å². The fourth-order valence-electron chi connectivity index (χ4n) is 6.73. The number of hydrogen-bond acceptors (Lipinski definition) is 7. The molecule has 0 spiro atoms. The molecule has 0 amide bonds. The summed E-state index contributed by atoms with van der Waals surface area (Å²) in [4.78, 5) is 13.0. The summed E-state index contributed by atoms with van der Waals surface area (Å²) in [5.41, 5.74) is 4.03. The van der Waals surface area contributed by atoms with Crippen LogP contribution < -0.4 is 0 Å². The lowest BCUT2D eigenvalue weighted by Crippen LogP contribution is -2.50. The Kier molecular flexibility index (Phi) is 10.1. The van der Waals surface area contributed by atoms with Crippen LogP contribution in [0.2, 0.25) is 0 Å². The summed E-state index contributed by atoms with van der Waals surface area (Å²) in [6, 6.07) is 10.4. The van der Waals surface area contributed by atoms with Crippen molar-refractivity contribution in [1.29, 1.82) is 5.26 Å². The van der Waals surface area contributed by atoms with Crippen LogP contribution >= 0.6 is 0 Å². The predicted molar refractivity (Wildman–Crippen MR) is 160 cm³/mol. The van der Waals surface area contributed by atoms with Crippen molar-refractivity contribution in [3.8, 4) is 6.07 Å². The Morgan fingerprint density at radius 3 is 2.67 bits per heavy atom. The molecule has 3 saturated heterocycles. The summed E-state index contributed by atoms with van der Waals surface area (Å²) in [6.07, 6.45) is 12.2. The van der Waals surface area contributed by atoms with Crippen molar-refractivity contribution in [2.75, 3.05) is 6.61 Å². The van der Waals surface area contributed by atoms with Gasteiger partial charge in [0.05, 0.1) is 43.2 Å². The zero-order chi connectivity index (χ0) is 29.6. The zero-order valence-electron chi connectivity index (χ0n) is 24.9. The molecule has 0 saturated carbocycles. The third-order valence-electron chi connectivity index (χ3n) is 8.90. The standard InChI is InChI=1S/C35H43NO6/c1-22-18-28-11-7-13-32(37)42-34-24(3)31(41-33(25(34)4)23(2)14-16-36)12-6-9-26-8-5-10-27(20-26)35-38-17-15-29(40-35)21-30(19-22)39-28/h5-10,13-14,20,24-25,28-31,33-35H,1,11-12,15,17-19,21H2,2-4H3/b9-6+,13-7?,23-14+/t24-,25-,28-,29-,30+,31+,33-,34-,35-/m0/s1. The third kappa shape index (κ3) is 7.48. The molecule has 7 nitrogen and oxygen atoms in total. The average Bonchev–Trinajstić information content (AvgIpc) is 2.96. The second kappa shape index (κ2) is 14.0. The summed E-state index contributed by atoms with van der Waals surface area (Å²) >= 11 is 0. The minimum atomic E-state index is -0.417. The van der Waals surface area contributed by atoms with Crippen molar-refractivity contribution in [3.63, 3.8) is 0 Å². The summed E-state index contributed by atoms with van der Waals surface area (Å²) in [6.45, 7) is 10.9. The van der Waals surface area contributed by atoms with Crippen LogP contribution in [-0.2, 0) is 28.5 Å². The first kappa shape index (κ1) is 30.4. The molecule has 9 atom stereocenters. The Hall–Kier alpha value is -3.02. The minimum Gasteiger partial charge on any atom is -0.458 e. The first-order chi connectivity index (χ1) is 20.3. The van der Waals surface area contributed by atoms with E-state index in [2.05, 4.69) is 43.9 Å². The molecule has 1 aromatic rings. The summed E-state index contributed by atoms with van der Waals surface area (Å²) in [5, 5.41) is 9.29. The lowest BCUT2D eigenvalue weighted by Gasteiger charge is -2.44. The molecule has 0 aliphatic carbocycles. The molecule has 5 rings (SSSR count). The predicted octanol–water partition coefficient (Wildman–Crippen LogP) is 6.77. The number of rotatable bonds is 1. The quantitative estimate of drug-likeness (QED) is 0.208. The number of nitriles is 1. The summed E-state index contributed by atoms with van der Waals surface area (Å²) < 4.78 is 31.5. The third-order valence-corrected chi connectivity index (χ3v) is 8.90. The first-order valence-corrected chi connectivity index (χ1v) is 15.2. The number of allylic oxidation sites excluding steroid dienone is 1. The van der Waals surface area contributed by atoms with Gasteiger partial charge in [0.1, 0.15) is 6.10 Å². The van der Waals surface area contributed by atoms with Crippen LogP contribution in [-0.4, -0.2) is 49.2 Å². The smallest absolute Gasteiger partial charge is 0.330 e. The molecule has 4 heterocycles. The second-order valence-corrected chi connectivity index (χ2v) is 12.2. The molecule has 1 aromatic carbocycles. The van der Waals surface area contributed by atoms with Crippen LogP contribution in [0.15, 0.2) is 66.3 Å². The lowest BCUT2D eigenvalue weighted by molar-refractivity contribution is -0.225. The molecule has 42 heavy (non-hydrogen) atoms. The van der Waals surface area contributed by atoms with Gasteiger partial charge in [-0.05, 0) is 56.2 Å². The average molecular weight is 574 g/mol. The molecule has 4 aliphatic rings. The fraction of sp³-hybridized carbons (Fsp3) is 0.543. The molecule has 8 bridgehead atoms. The Balaban J connectivity index is 1.43. The Morgan fingerprint density at radius 2 is 1.83 bits per heavy atom. The van der Waals surface area contributed by atoms with Gasteiger partial charge in [-0.1, -0.05) is 62.4 Å². The highest BCUT2D eigenvalue weighted by Gasteiger charge is 2.43. The van der Waals surface area contributed by atoms with E-state index >= 15 is 0 Å². The minimum absolute atomic E-state index is 0.0197. The van der Waals surface area contributed by atoms with Gasteiger partial charge in [0.15, 0.2) is 6.29 Å². The number of ether oxygens (including phenoxy) is 5. The molecule has 0 radical (unpaired) electrons. The van der Waals surface area contributed by atoms with Crippen molar-refractivity contribution >= 4 is 12.0 Å². The van der Waals surface area contributed by atoms with Gasteiger partial charge in [-0.3, -0.25) is 0 Å². The molecule has 0 unspecified atom stereocenters. The Bertz CT molecular complexity index is 1260. The molecule has 7 heteroatoms. The van der Waals surface area contributed by atoms with Gasteiger partial charge in [0.2, 0.25) is 0 Å². The van der Waals surface area contributed by atoms with E-state index in [4.69, 9.17) is 23.7 Å². The van der Waals surface area contributed by atoms with Gasteiger partial charge in [0.25, 0.3) is 0 Å². The van der Waals surface area contributed by atoms with Crippen molar-refractivity contribution in [1.82, 2.24) is 0 Å². The van der Waals surface area contributed by atoms with E-state index in [1.165, 1.54) is 12.2 Å². The largest absolute Gasteiger partial charge is 0.458 e. The van der Waals surface area contributed by atoms with Crippen LogP contribution in [0.25, 0.3) is 6.08 Å². The Labute approximate surface area is 249 Å². The van der Waals surface area contributed by atoms with Crippen molar-refractivity contribution < 1.29 is 28.5 Å². The number of hydrogen-bond donors (Lipinski definition) is 0. The maximum absolute atomic E-state index is 13.0. The topological polar surface area (TPSA) is 87.0 Å². The van der Waals surface area contributed by atoms with E-state index < -0.39 is 6.29 Å². The highest BCUT2D eigenvalue weighted by molar-refractivity contribution is 5.82. The van der Waals surface area contributed by atoms with Crippen LogP contribution in [0.4, 0.5) is 0 Å². The molecule has 0 N–H and O–H groups in total. The lowest BCUT2D eigenvalue weighted by atomic mass is 9.79. The maximum atomic E-state index is 13.0. The van der Waals surface area contributed by atoms with Gasteiger partial charge in [-0.15, -0.1) is 0 Å². The monoisotopic (exact) mass is 573 g/mol. The van der Waals surface area contributed by atoms with Gasteiger partial charge in [-0.25, -0.2) is 4.79 Å². The number of benzene rings is 1. The normalized spacial score (nSPS) is 37.1. The van der Waals surface area contributed by atoms with Gasteiger partial charge in [-0.2, -0.15) is 5.26 Å². The number of carbonyl (C=O) groups is 1. The molecule has 0 aromatic heterocycles. The first-order valence-electron chi connectivity index (χ1n) is 15.2. The Morgan fingerprint density at radius 1 is 1.02 bits per heavy atom. The molecule has 3 fully saturated rings. The molecular weight excluding hydrogens is 530 g/mol. The van der Waals surface area contributed by atoms with E-state index in [1.807, 2.05) is 32.1 Å². The second-order valence-electron chi connectivity index (χ2n) is 12.2. The van der Waals surface area contributed by atoms with E-state index in [0.29, 0.717) is 19.4 Å². The van der Waals surface area contributed by atoms with Crippen molar-refractivity contribution in [2.24, 2.45) is 11.8 Å².